The lowest BCUT2D eigenvalue weighted by atomic mass is 9.85. The van der Waals surface area contributed by atoms with Gasteiger partial charge in [-0.25, -0.2) is 4.79 Å². The lowest BCUT2D eigenvalue weighted by Gasteiger charge is -2.15. The molecule has 2 unspecified atom stereocenters. The smallest absolute Gasteiger partial charge is 0.337 e. The van der Waals surface area contributed by atoms with Gasteiger partial charge < -0.3 is 10.1 Å². The zero-order valence-electron chi connectivity index (χ0n) is 17.4. The van der Waals surface area contributed by atoms with E-state index in [1.807, 2.05) is 12.2 Å². The molecule has 4 rings (SSSR count). The molecule has 1 fully saturated rings. The molecule has 8 heteroatoms. The fourth-order valence-electron chi connectivity index (χ4n) is 3.90. The molecule has 1 heterocycles. The van der Waals surface area contributed by atoms with Crippen LogP contribution < -0.4 is 10.2 Å². The molecule has 32 heavy (non-hydrogen) atoms. The van der Waals surface area contributed by atoms with Crippen LogP contribution in [0.4, 0.5) is 11.4 Å². The summed E-state index contributed by atoms with van der Waals surface area (Å²) in [5, 5.41) is 2.78. The number of hydrogen-bond donors (Lipinski definition) is 1. The van der Waals surface area contributed by atoms with Crippen molar-refractivity contribution in [1.82, 2.24) is 0 Å². The summed E-state index contributed by atoms with van der Waals surface area (Å²) in [5.41, 5.74) is 1.56. The van der Waals surface area contributed by atoms with Crippen LogP contribution in [0.2, 0.25) is 0 Å². The fourth-order valence-corrected chi connectivity index (χ4v) is 4.60. The van der Waals surface area contributed by atoms with Gasteiger partial charge in [-0.05, 0) is 61.4 Å². The molecule has 1 saturated heterocycles. The SMILES string of the molecule is COC(=O)c1ccc(NC(=O)CSc2ccc(N3C(=O)C4CC=CCC4C3=O)cc2)cc1. The minimum Gasteiger partial charge on any atom is -0.465 e. The number of benzene rings is 2. The van der Waals surface area contributed by atoms with Gasteiger partial charge in [0.2, 0.25) is 17.7 Å². The second-order valence-corrected chi connectivity index (χ2v) is 8.62. The van der Waals surface area contributed by atoms with Crippen molar-refractivity contribution in [2.45, 2.75) is 17.7 Å². The molecule has 2 aromatic carbocycles. The van der Waals surface area contributed by atoms with Gasteiger partial charge in [-0.3, -0.25) is 19.3 Å². The van der Waals surface area contributed by atoms with Gasteiger partial charge in [0.05, 0.1) is 35.9 Å². The maximum Gasteiger partial charge on any atom is 0.337 e. The number of allylic oxidation sites excluding steroid dienone is 2. The average molecular weight is 451 g/mol. The maximum absolute atomic E-state index is 12.7. The summed E-state index contributed by atoms with van der Waals surface area (Å²) in [7, 11) is 1.31. The zero-order valence-corrected chi connectivity index (χ0v) is 18.3. The van der Waals surface area contributed by atoms with E-state index in [1.165, 1.54) is 23.8 Å². The van der Waals surface area contributed by atoms with Crippen LogP contribution in [0, 0.1) is 11.8 Å². The molecule has 2 aromatic rings. The van der Waals surface area contributed by atoms with Crippen LogP contribution in [0.5, 0.6) is 0 Å². The van der Waals surface area contributed by atoms with Gasteiger partial charge in [0.15, 0.2) is 0 Å². The Bertz CT molecular complexity index is 1050. The van der Waals surface area contributed by atoms with Crippen molar-refractivity contribution in [3.05, 3.63) is 66.2 Å². The number of carbonyl (C=O) groups excluding carboxylic acids is 4. The predicted octanol–water partition coefficient (Wildman–Crippen LogP) is 3.66. The molecule has 7 nitrogen and oxygen atoms in total. The Kier molecular flexibility index (Phi) is 6.41. The highest BCUT2D eigenvalue weighted by atomic mass is 32.2. The quantitative estimate of drug-likeness (QED) is 0.313. The number of imide groups is 1. The Morgan fingerprint density at radius 1 is 0.969 bits per heavy atom. The van der Waals surface area contributed by atoms with E-state index >= 15 is 0 Å². The molecule has 0 spiro atoms. The van der Waals surface area contributed by atoms with Crippen molar-refractivity contribution in [1.29, 1.82) is 0 Å². The number of nitrogens with one attached hydrogen (secondary N) is 1. The third-order valence-corrected chi connectivity index (χ3v) is 6.57. The van der Waals surface area contributed by atoms with Crippen molar-refractivity contribution < 1.29 is 23.9 Å². The van der Waals surface area contributed by atoms with E-state index in [1.54, 1.807) is 48.5 Å². The molecule has 3 amide bonds. The monoisotopic (exact) mass is 450 g/mol. The Morgan fingerprint density at radius 2 is 1.56 bits per heavy atom. The van der Waals surface area contributed by atoms with Crippen LogP contribution in [0.15, 0.2) is 65.6 Å². The van der Waals surface area contributed by atoms with Crippen LogP contribution in [-0.4, -0.2) is 36.6 Å². The summed E-state index contributed by atoms with van der Waals surface area (Å²) in [6, 6.07) is 13.5. The Labute approximate surface area is 189 Å². The highest BCUT2D eigenvalue weighted by molar-refractivity contribution is 8.00. The first-order valence-corrected chi connectivity index (χ1v) is 11.2. The topological polar surface area (TPSA) is 92.8 Å². The van der Waals surface area contributed by atoms with Crippen LogP contribution in [0.3, 0.4) is 0 Å². The highest BCUT2D eigenvalue weighted by Crippen LogP contribution is 2.38. The van der Waals surface area contributed by atoms with Gasteiger partial charge in [0.1, 0.15) is 0 Å². The fraction of sp³-hybridized carbons (Fsp3) is 0.250. The molecule has 164 valence electrons. The van der Waals surface area contributed by atoms with Crippen molar-refractivity contribution in [3.63, 3.8) is 0 Å². The molecule has 0 saturated carbocycles. The van der Waals surface area contributed by atoms with Crippen LogP contribution in [-0.2, 0) is 19.1 Å². The Hall–Kier alpha value is -3.39. The average Bonchev–Trinajstić information content (AvgIpc) is 3.08. The van der Waals surface area contributed by atoms with Crippen molar-refractivity contribution >= 4 is 46.8 Å². The Morgan fingerprint density at radius 3 is 2.12 bits per heavy atom. The van der Waals surface area contributed by atoms with E-state index in [9.17, 15) is 19.2 Å². The summed E-state index contributed by atoms with van der Waals surface area (Å²) in [6.07, 6.45) is 5.16. The van der Waals surface area contributed by atoms with Gasteiger partial charge in [0.25, 0.3) is 0 Å². The molecule has 1 N–H and O–H groups in total. The van der Waals surface area contributed by atoms with Gasteiger partial charge in [0, 0.05) is 10.6 Å². The lowest BCUT2D eigenvalue weighted by Crippen LogP contribution is -2.30. The van der Waals surface area contributed by atoms with E-state index in [-0.39, 0.29) is 35.3 Å². The second kappa shape index (κ2) is 9.40. The third-order valence-electron chi connectivity index (χ3n) is 5.56. The van der Waals surface area contributed by atoms with Crippen molar-refractivity contribution in [3.8, 4) is 0 Å². The van der Waals surface area contributed by atoms with E-state index < -0.39 is 5.97 Å². The number of anilines is 2. The van der Waals surface area contributed by atoms with E-state index in [0.717, 1.165) is 4.90 Å². The number of fused-ring (bicyclic) bond motifs is 1. The molecular formula is C24H22N2O5S. The van der Waals surface area contributed by atoms with Crippen molar-refractivity contribution in [2.24, 2.45) is 11.8 Å². The summed E-state index contributed by atoms with van der Waals surface area (Å²) < 4.78 is 4.65. The highest BCUT2D eigenvalue weighted by Gasteiger charge is 2.47. The number of amides is 3. The third kappa shape index (κ3) is 4.45. The number of esters is 1. The number of rotatable bonds is 6. The zero-order chi connectivity index (χ0) is 22.7. The van der Waals surface area contributed by atoms with E-state index in [4.69, 9.17) is 0 Å². The molecule has 0 bridgehead atoms. The number of thioether (sulfide) groups is 1. The number of hydrogen-bond acceptors (Lipinski definition) is 6. The number of carbonyl (C=O) groups is 4. The van der Waals surface area contributed by atoms with Crippen LogP contribution in [0.25, 0.3) is 0 Å². The molecule has 0 radical (unpaired) electrons. The minimum atomic E-state index is -0.436. The summed E-state index contributed by atoms with van der Waals surface area (Å²) in [5.74, 6) is -1.22. The van der Waals surface area contributed by atoms with Gasteiger partial charge >= 0.3 is 5.97 Å². The van der Waals surface area contributed by atoms with Gasteiger partial charge in [-0.1, -0.05) is 12.2 Å². The van der Waals surface area contributed by atoms with Gasteiger partial charge in [-0.2, -0.15) is 0 Å². The largest absolute Gasteiger partial charge is 0.465 e. The number of ether oxygens (including phenoxy) is 1. The normalized spacial score (nSPS) is 19.6. The molecule has 1 aliphatic carbocycles. The molecular weight excluding hydrogens is 428 g/mol. The molecule has 2 aliphatic rings. The van der Waals surface area contributed by atoms with E-state index in [0.29, 0.717) is 29.8 Å². The molecule has 2 atom stereocenters. The first kappa shape index (κ1) is 21.8. The summed E-state index contributed by atoms with van der Waals surface area (Å²) in [6.45, 7) is 0. The standard InChI is InChI=1S/C24H22N2O5S/c1-31-24(30)15-6-8-16(9-7-15)25-21(27)14-32-18-12-10-17(11-13-18)26-22(28)19-4-2-3-5-20(19)23(26)29/h2-3,6-13,19-20H,4-5,14H2,1H3,(H,25,27). The first-order chi connectivity index (χ1) is 15.5. The predicted molar refractivity (Wildman–Crippen MR) is 121 cm³/mol. The summed E-state index contributed by atoms with van der Waals surface area (Å²) in [4.78, 5) is 51.2. The van der Waals surface area contributed by atoms with Crippen LogP contribution >= 0.6 is 11.8 Å². The Balaban J connectivity index is 1.32. The van der Waals surface area contributed by atoms with Gasteiger partial charge in [-0.15, -0.1) is 11.8 Å². The number of methoxy groups -OCH3 is 1. The number of nitrogens with zero attached hydrogens (tertiary/aromatic N) is 1. The van der Waals surface area contributed by atoms with E-state index in [2.05, 4.69) is 10.1 Å². The summed E-state index contributed by atoms with van der Waals surface area (Å²) >= 11 is 1.35. The lowest BCUT2D eigenvalue weighted by molar-refractivity contribution is -0.122. The first-order valence-electron chi connectivity index (χ1n) is 10.2. The second-order valence-electron chi connectivity index (χ2n) is 7.57. The van der Waals surface area contributed by atoms with Crippen molar-refractivity contribution in [2.75, 3.05) is 23.1 Å². The minimum absolute atomic E-state index is 0.137. The maximum atomic E-state index is 12.7. The molecule has 1 aliphatic heterocycles. The molecule has 0 aromatic heterocycles. The van der Waals surface area contributed by atoms with Crippen LogP contribution in [0.1, 0.15) is 23.2 Å².